The highest BCUT2D eigenvalue weighted by Crippen LogP contribution is 2.17. The van der Waals surface area contributed by atoms with Crippen LogP contribution in [-0.4, -0.2) is 42.1 Å². The Balaban J connectivity index is 1.43. The predicted octanol–water partition coefficient (Wildman–Crippen LogP) is 1.97. The number of carbonyl (C=O) groups is 3. The molecule has 2 aromatic carbocycles. The van der Waals surface area contributed by atoms with Crippen LogP contribution in [0.25, 0.3) is 0 Å². The Morgan fingerprint density at radius 3 is 2.78 bits per heavy atom. The molecule has 1 fully saturated rings. The fraction of sp³-hybridized carbons (Fsp3) is 0.318. The molecule has 3 rings (SSSR count). The molecule has 4 N–H and O–H groups in total. The lowest BCUT2D eigenvalue weighted by molar-refractivity contribution is -0.125. The van der Waals surface area contributed by atoms with Crippen molar-refractivity contribution in [3.8, 4) is 5.75 Å². The Morgan fingerprint density at radius 2 is 2.00 bits per heavy atom. The maximum Gasteiger partial charge on any atom is 0.234 e. The molecule has 1 heterocycles. The largest absolute Gasteiger partial charge is 0.497 e. The second kappa shape index (κ2) is 11.5. The first-order valence-corrected chi connectivity index (χ1v) is 11.1. The van der Waals surface area contributed by atoms with Gasteiger partial charge in [-0.25, -0.2) is 4.39 Å². The van der Waals surface area contributed by atoms with E-state index in [9.17, 15) is 18.8 Å². The van der Waals surface area contributed by atoms with Gasteiger partial charge in [-0.2, -0.15) is 0 Å². The lowest BCUT2D eigenvalue weighted by atomic mass is 10.1. The number of hydrogen-bond donors (Lipinski definition) is 4. The molecule has 0 aliphatic carbocycles. The van der Waals surface area contributed by atoms with Crippen molar-refractivity contribution in [3.05, 3.63) is 59.9 Å². The second-order valence-corrected chi connectivity index (χ2v) is 8.28. The summed E-state index contributed by atoms with van der Waals surface area (Å²) in [5.74, 6) is -0.603. The van der Waals surface area contributed by atoms with Crippen molar-refractivity contribution in [2.24, 2.45) is 0 Å². The van der Waals surface area contributed by atoms with Crippen LogP contribution in [0.1, 0.15) is 18.4 Å². The highest BCUT2D eigenvalue weighted by Gasteiger charge is 2.28. The highest BCUT2D eigenvalue weighted by atomic mass is 32.2. The summed E-state index contributed by atoms with van der Waals surface area (Å²) >= 11 is 1.16. The smallest absolute Gasteiger partial charge is 0.234 e. The van der Waals surface area contributed by atoms with Gasteiger partial charge in [-0.05, 0) is 29.8 Å². The van der Waals surface area contributed by atoms with E-state index in [4.69, 9.17) is 4.74 Å². The van der Waals surface area contributed by atoms with Crippen LogP contribution in [0.5, 0.6) is 5.75 Å². The van der Waals surface area contributed by atoms with Crippen molar-refractivity contribution in [3.63, 3.8) is 0 Å². The van der Waals surface area contributed by atoms with Crippen LogP contribution in [0.15, 0.2) is 48.5 Å². The number of nitrogens with one attached hydrogen (secondary N) is 4. The molecule has 10 heteroatoms. The van der Waals surface area contributed by atoms with Gasteiger partial charge in [0.15, 0.2) is 0 Å². The Bertz CT molecular complexity index is 974. The van der Waals surface area contributed by atoms with E-state index < -0.39 is 17.2 Å². The normalized spacial score (nSPS) is 17.9. The quantitative estimate of drug-likeness (QED) is 0.456. The molecule has 2 aromatic rings. The van der Waals surface area contributed by atoms with Crippen LogP contribution in [0.4, 0.5) is 10.1 Å². The molecule has 2 atom stereocenters. The number of benzene rings is 2. The summed E-state index contributed by atoms with van der Waals surface area (Å²) in [6, 6.07) is 12.9. The summed E-state index contributed by atoms with van der Waals surface area (Å²) in [6.07, 6.45) is 0.279. The molecule has 1 aliphatic rings. The van der Waals surface area contributed by atoms with E-state index in [0.717, 1.165) is 17.3 Å². The first kappa shape index (κ1) is 23.6. The summed E-state index contributed by atoms with van der Waals surface area (Å²) in [5.41, 5.74) is 0.476. The number of carbonyl (C=O) groups excluding carboxylic acids is 3. The minimum Gasteiger partial charge on any atom is -0.497 e. The zero-order valence-electron chi connectivity index (χ0n) is 17.5. The van der Waals surface area contributed by atoms with Crippen molar-refractivity contribution >= 4 is 35.2 Å². The Hall–Kier alpha value is -3.11. The van der Waals surface area contributed by atoms with Crippen LogP contribution < -0.4 is 26.0 Å². The molecule has 1 aliphatic heterocycles. The number of para-hydroxylation sites is 1. The van der Waals surface area contributed by atoms with E-state index >= 15 is 0 Å². The molecule has 2 unspecified atom stereocenters. The summed E-state index contributed by atoms with van der Waals surface area (Å²) in [6.45, 7) is 0.351. The average molecular weight is 461 g/mol. The van der Waals surface area contributed by atoms with Gasteiger partial charge in [-0.15, -0.1) is 11.8 Å². The Labute approximate surface area is 189 Å². The number of ether oxygens (including phenoxy) is 1. The third kappa shape index (κ3) is 7.24. The summed E-state index contributed by atoms with van der Waals surface area (Å²) in [5, 5.41) is 11.2. The molecule has 0 aromatic heterocycles. The van der Waals surface area contributed by atoms with Gasteiger partial charge in [0.25, 0.3) is 0 Å². The van der Waals surface area contributed by atoms with E-state index in [-0.39, 0.29) is 42.1 Å². The van der Waals surface area contributed by atoms with Crippen molar-refractivity contribution in [1.82, 2.24) is 16.0 Å². The molecule has 3 amide bonds. The van der Waals surface area contributed by atoms with Gasteiger partial charge in [-0.1, -0.05) is 24.3 Å². The molecule has 32 heavy (non-hydrogen) atoms. The lowest BCUT2D eigenvalue weighted by Crippen LogP contribution is -2.56. The van der Waals surface area contributed by atoms with Gasteiger partial charge in [0.1, 0.15) is 17.1 Å². The van der Waals surface area contributed by atoms with E-state index in [1.807, 2.05) is 24.3 Å². The predicted molar refractivity (Wildman–Crippen MR) is 120 cm³/mol. The highest BCUT2D eigenvalue weighted by molar-refractivity contribution is 8.00. The monoisotopic (exact) mass is 460 g/mol. The van der Waals surface area contributed by atoms with Crippen LogP contribution in [0.3, 0.4) is 0 Å². The Kier molecular flexibility index (Phi) is 8.46. The number of halogens is 1. The minimum absolute atomic E-state index is 0.00103. The van der Waals surface area contributed by atoms with E-state index in [1.165, 1.54) is 18.2 Å². The molecular formula is C22H25FN4O4S. The third-order valence-corrected chi connectivity index (χ3v) is 5.71. The standard InChI is InChI=1S/C22H25FN4O4S/c1-31-16-6-4-5-14(9-16)12-24-19(28)10-15-11-20(29)27-22(25-15)32-13-21(30)26-18-8-3-2-7-17(18)23/h2-9,15,22,25H,10-13H2,1H3,(H,24,28)(H,26,30)(H,27,29). The summed E-state index contributed by atoms with van der Waals surface area (Å²) in [7, 11) is 1.58. The van der Waals surface area contributed by atoms with Crippen molar-refractivity contribution in [2.75, 3.05) is 18.2 Å². The zero-order chi connectivity index (χ0) is 22.9. The molecule has 0 saturated carbocycles. The fourth-order valence-electron chi connectivity index (χ4n) is 3.15. The minimum atomic E-state index is -0.529. The maximum atomic E-state index is 13.6. The SMILES string of the molecule is COc1cccc(CNC(=O)CC2CC(=O)NC(SCC(=O)Nc3ccccc3F)N2)c1. The number of amides is 3. The first-order valence-electron chi connectivity index (χ1n) is 10.0. The lowest BCUT2D eigenvalue weighted by Gasteiger charge is -2.30. The van der Waals surface area contributed by atoms with Crippen molar-refractivity contribution in [2.45, 2.75) is 30.9 Å². The summed E-state index contributed by atoms with van der Waals surface area (Å²) in [4.78, 5) is 36.5. The van der Waals surface area contributed by atoms with Gasteiger partial charge in [0.05, 0.1) is 18.6 Å². The first-order chi connectivity index (χ1) is 15.4. The molecule has 0 bridgehead atoms. The van der Waals surface area contributed by atoms with Crippen LogP contribution in [0.2, 0.25) is 0 Å². The second-order valence-electron chi connectivity index (χ2n) is 7.19. The van der Waals surface area contributed by atoms with E-state index in [2.05, 4.69) is 21.3 Å². The number of rotatable bonds is 9. The number of methoxy groups -OCH3 is 1. The number of anilines is 1. The molecule has 0 spiro atoms. The molecular weight excluding hydrogens is 435 g/mol. The van der Waals surface area contributed by atoms with Crippen molar-refractivity contribution < 1.29 is 23.5 Å². The molecule has 8 nitrogen and oxygen atoms in total. The van der Waals surface area contributed by atoms with Crippen LogP contribution in [0, 0.1) is 5.82 Å². The summed E-state index contributed by atoms with van der Waals surface area (Å²) < 4.78 is 18.8. The number of thioether (sulfide) groups is 1. The van der Waals surface area contributed by atoms with E-state index in [0.29, 0.717) is 12.3 Å². The zero-order valence-corrected chi connectivity index (χ0v) is 18.3. The van der Waals surface area contributed by atoms with E-state index in [1.54, 1.807) is 13.2 Å². The van der Waals surface area contributed by atoms with Crippen molar-refractivity contribution in [1.29, 1.82) is 0 Å². The molecule has 0 radical (unpaired) electrons. The molecule has 1 saturated heterocycles. The number of hydrogen-bond acceptors (Lipinski definition) is 6. The topological polar surface area (TPSA) is 109 Å². The van der Waals surface area contributed by atoms with Gasteiger partial charge in [0.2, 0.25) is 17.7 Å². The van der Waals surface area contributed by atoms with Gasteiger partial charge >= 0.3 is 0 Å². The van der Waals surface area contributed by atoms with Crippen LogP contribution >= 0.6 is 11.8 Å². The third-order valence-electron chi connectivity index (χ3n) is 4.70. The Morgan fingerprint density at radius 1 is 1.19 bits per heavy atom. The maximum absolute atomic E-state index is 13.6. The molecule has 170 valence electrons. The van der Waals surface area contributed by atoms with Gasteiger partial charge in [0, 0.05) is 25.4 Å². The fourth-order valence-corrected chi connectivity index (χ4v) is 4.05. The average Bonchev–Trinajstić information content (AvgIpc) is 2.78. The van der Waals surface area contributed by atoms with Gasteiger partial charge < -0.3 is 20.7 Å². The van der Waals surface area contributed by atoms with Crippen LogP contribution in [-0.2, 0) is 20.9 Å². The van der Waals surface area contributed by atoms with Gasteiger partial charge in [-0.3, -0.25) is 19.7 Å².